The van der Waals surface area contributed by atoms with E-state index < -0.39 is 18.1 Å². The number of carbonyl (C=O) groups is 1. The Morgan fingerprint density at radius 3 is 2.54 bits per heavy atom. The summed E-state index contributed by atoms with van der Waals surface area (Å²) in [7, 11) is 0. The first-order chi connectivity index (χ1) is 13.4. The van der Waals surface area contributed by atoms with E-state index in [1.165, 1.54) is 17.3 Å². The van der Waals surface area contributed by atoms with Gasteiger partial charge in [-0.15, -0.1) is 0 Å². The fourth-order valence-corrected chi connectivity index (χ4v) is 2.79. The molecule has 144 valence electrons. The number of hydrogen-bond donors (Lipinski definition) is 0. The van der Waals surface area contributed by atoms with Crippen LogP contribution < -0.4 is 4.90 Å². The van der Waals surface area contributed by atoms with E-state index in [4.69, 9.17) is 4.74 Å². The van der Waals surface area contributed by atoms with Gasteiger partial charge in [0.1, 0.15) is 12.3 Å². The molecule has 1 amide bonds. The van der Waals surface area contributed by atoms with Crippen LogP contribution in [0.2, 0.25) is 0 Å². The Bertz CT molecular complexity index is 976. The second-order valence-corrected chi connectivity index (χ2v) is 5.89. The van der Waals surface area contributed by atoms with E-state index in [-0.39, 0.29) is 36.5 Å². The molecule has 11 heteroatoms. The van der Waals surface area contributed by atoms with Gasteiger partial charge in [-0.2, -0.15) is 18.2 Å². The van der Waals surface area contributed by atoms with Crippen LogP contribution in [0.5, 0.6) is 0 Å². The third-order valence-corrected chi connectivity index (χ3v) is 4.05. The van der Waals surface area contributed by atoms with Crippen molar-refractivity contribution in [2.75, 3.05) is 18.1 Å². The van der Waals surface area contributed by atoms with Crippen molar-refractivity contribution in [2.45, 2.75) is 12.2 Å². The minimum atomic E-state index is -4.75. The zero-order chi connectivity index (χ0) is 19.7. The van der Waals surface area contributed by atoms with Crippen LogP contribution in [0.4, 0.5) is 19.0 Å². The number of alkyl halides is 3. The average Bonchev–Trinajstić information content (AvgIpc) is 3.19. The zero-order valence-electron chi connectivity index (χ0n) is 14.1. The molecule has 8 nitrogen and oxygen atoms in total. The normalized spacial score (nSPS) is 17.8. The third-order valence-electron chi connectivity index (χ3n) is 4.05. The van der Waals surface area contributed by atoms with Gasteiger partial charge in [0.15, 0.2) is 5.82 Å². The maximum absolute atomic E-state index is 12.6. The first-order valence-corrected chi connectivity index (χ1v) is 8.11. The van der Waals surface area contributed by atoms with Crippen molar-refractivity contribution >= 4 is 11.7 Å². The van der Waals surface area contributed by atoms with E-state index in [2.05, 4.69) is 24.6 Å². The maximum atomic E-state index is 12.6. The first-order valence-electron chi connectivity index (χ1n) is 8.11. The molecule has 1 fully saturated rings. The molecule has 0 radical (unpaired) electrons. The number of ether oxygens (including phenoxy) is 1. The molecule has 1 saturated heterocycles. The van der Waals surface area contributed by atoms with Crippen LogP contribution in [0.15, 0.2) is 47.2 Å². The second-order valence-electron chi connectivity index (χ2n) is 5.89. The zero-order valence-corrected chi connectivity index (χ0v) is 14.1. The highest BCUT2D eigenvalue weighted by Gasteiger charge is 2.39. The minimum Gasteiger partial charge on any atom is -0.369 e. The van der Waals surface area contributed by atoms with Crippen molar-refractivity contribution in [3.05, 3.63) is 54.2 Å². The van der Waals surface area contributed by atoms with E-state index >= 15 is 0 Å². The van der Waals surface area contributed by atoms with E-state index in [9.17, 15) is 18.0 Å². The van der Waals surface area contributed by atoms with Crippen LogP contribution in [0.25, 0.3) is 11.5 Å². The number of carbonyl (C=O) groups excluding carboxylic acids is 1. The standard InChI is InChI=1S/C17H12F3N5O3/c18-17(19,20)16-23-15(24-28-16)11-6-22-13(7-21-11)25-12(8-27-9-14(25)26)10-4-2-1-3-5-10/h1-7,12H,8-9H2/t12-/m0/s1. The monoisotopic (exact) mass is 391 g/mol. The highest BCUT2D eigenvalue weighted by molar-refractivity contribution is 5.94. The van der Waals surface area contributed by atoms with Gasteiger partial charge in [-0.05, 0) is 5.56 Å². The molecule has 0 unspecified atom stereocenters. The number of nitrogens with zero attached hydrogens (tertiary/aromatic N) is 5. The lowest BCUT2D eigenvalue weighted by molar-refractivity contribution is -0.159. The summed E-state index contributed by atoms with van der Waals surface area (Å²) in [6.07, 6.45) is -2.29. The van der Waals surface area contributed by atoms with Gasteiger partial charge in [0.25, 0.3) is 5.91 Å². The van der Waals surface area contributed by atoms with E-state index in [1.807, 2.05) is 30.3 Å². The molecular formula is C17H12F3N5O3. The lowest BCUT2D eigenvalue weighted by Crippen LogP contribution is -2.44. The Balaban J connectivity index is 1.63. The van der Waals surface area contributed by atoms with Gasteiger partial charge < -0.3 is 9.26 Å². The molecule has 0 bridgehead atoms. The largest absolute Gasteiger partial charge is 0.471 e. The van der Waals surface area contributed by atoms with Crippen LogP contribution in [-0.2, 0) is 15.7 Å². The van der Waals surface area contributed by atoms with Gasteiger partial charge >= 0.3 is 12.1 Å². The van der Waals surface area contributed by atoms with Gasteiger partial charge in [-0.1, -0.05) is 35.5 Å². The molecule has 3 aromatic rings. The van der Waals surface area contributed by atoms with Crippen LogP contribution in [0.1, 0.15) is 17.5 Å². The minimum absolute atomic E-state index is 0.0139. The van der Waals surface area contributed by atoms with Gasteiger partial charge in [0.2, 0.25) is 5.82 Å². The summed E-state index contributed by atoms with van der Waals surface area (Å²) in [4.78, 5) is 25.3. The molecule has 0 N–H and O–H groups in total. The summed E-state index contributed by atoms with van der Waals surface area (Å²) in [5, 5.41) is 3.26. The van der Waals surface area contributed by atoms with Gasteiger partial charge in [-0.25, -0.2) is 9.97 Å². The molecule has 2 aromatic heterocycles. The Kier molecular flexibility index (Phi) is 4.51. The van der Waals surface area contributed by atoms with Crippen LogP contribution >= 0.6 is 0 Å². The summed E-state index contributed by atoms with van der Waals surface area (Å²) in [6, 6.07) is 8.86. The summed E-state index contributed by atoms with van der Waals surface area (Å²) in [5.41, 5.74) is 0.842. The van der Waals surface area contributed by atoms with E-state index in [1.54, 1.807) is 0 Å². The molecule has 1 aromatic carbocycles. The molecule has 1 aliphatic rings. The number of aromatic nitrogens is 4. The Morgan fingerprint density at radius 2 is 1.89 bits per heavy atom. The van der Waals surface area contributed by atoms with E-state index in [0.717, 1.165) is 5.56 Å². The number of halogens is 3. The molecule has 3 heterocycles. The molecule has 4 rings (SSSR count). The van der Waals surface area contributed by atoms with Crippen LogP contribution in [-0.4, -0.2) is 39.2 Å². The lowest BCUT2D eigenvalue weighted by atomic mass is 10.0. The van der Waals surface area contributed by atoms with Gasteiger partial charge in [-0.3, -0.25) is 9.69 Å². The number of morpholine rings is 1. The van der Waals surface area contributed by atoms with Crippen molar-refractivity contribution in [1.82, 2.24) is 20.1 Å². The van der Waals surface area contributed by atoms with Crippen molar-refractivity contribution in [3.8, 4) is 11.5 Å². The fourth-order valence-electron chi connectivity index (χ4n) is 2.79. The Morgan fingerprint density at radius 1 is 1.11 bits per heavy atom. The second kappa shape index (κ2) is 7.00. The number of anilines is 1. The van der Waals surface area contributed by atoms with E-state index in [0.29, 0.717) is 0 Å². The molecule has 0 saturated carbocycles. The summed E-state index contributed by atoms with van der Waals surface area (Å²) >= 11 is 0. The first kappa shape index (κ1) is 18.0. The predicted molar refractivity (Wildman–Crippen MR) is 87.8 cm³/mol. The van der Waals surface area contributed by atoms with Gasteiger partial charge in [0, 0.05) is 0 Å². The molecule has 1 aliphatic heterocycles. The molecule has 0 aliphatic carbocycles. The van der Waals surface area contributed by atoms with Crippen LogP contribution in [0, 0.1) is 0 Å². The summed E-state index contributed by atoms with van der Waals surface area (Å²) < 4.78 is 47.3. The highest BCUT2D eigenvalue weighted by atomic mass is 19.4. The summed E-state index contributed by atoms with van der Waals surface area (Å²) in [5.74, 6) is -1.88. The Labute approximate surface area is 156 Å². The van der Waals surface area contributed by atoms with Crippen molar-refractivity contribution < 1.29 is 27.2 Å². The lowest BCUT2D eigenvalue weighted by Gasteiger charge is -2.34. The molecule has 1 atom stereocenters. The topological polar surface area (TPSA) is 94.2 Å². The van der Waals surface area contributed by atoms with Crippen LogP contribution in [0.3, 0.4) is 0 Å². The summed E-state index contributed by atoms with van der Waals surface area (Å²) in [6.45, 7) is 0.172. The number of amides is 1. The van der Waals surface area contributed by atoms with Crippen molar-refractivity contribution in [2.24, 2.45) is 0 Å². The number of hydrogen-bond acceptors (Lipinski definition) is 7. The number of rotatable bonds is 3. The highest BCUT2D eigenvalue weighted by Crippen LogP contribution is 2.31. The van der Waals surface area contributed by atoms with Crippen molar-refractivity contribution in [1.29, 1.82) is 0 Å². The maximum Gasteiger partial charge on any atom is 0.471 e. The third kappa shape index (κ3) is 3.43. The van der Waals surface area contributed by atoms with Crippen molar-refractivity contribution in [3.63, 3.8) is 0 Å². The fraction of sp³-hybridized carbons (Fsp3) is 0.235. The van der Waals surface area contributed by atoms with Gasteiger partial charge in [0.05, 0.1) is 25.0 Å². The molecule has 28 heavy (non-hydrogen) atoms. The number of benzene rings is 1. The quantitative estimate of drug-likeness (QED) is 0.677. The molecule has 0 spiro atoms. The predicted octanol–water partition coefficient (Wildman–Crippen LogP) is 2.65. The Hall–Kier alpha value is -3.34. The smallest absolute Gasteiger partial charge is 0.369 e. The SMILES string of the molecule is O=C1COC[C@@H](c2ccccc2)N1c1cnc(-c2noc(C(F)(F)F)n2)cn1. The molecular weight excluding hydrogens is 379 g/mol. The average molecular weight is 391 g/mol.